The lowest BCUT2D eigenvalue weighted by atomic mass is 9.96. The van der Waals surface area contributed by atoms with Gasteiger partial charge in [-0.2, -0.15) is 0 Å². The zero-order chi connectivity index (χ0) is 39.6. The summed E-state index contributed by atoms with van der Waals surface area (Å²) in [6, 6.07) is 26.4. The lowest BCUT2D eigenvalue weighted by Crippen LogP contribution is -2.59. The number of carbonyl (C=O) groups is 4. The number of nitrogens with zero attached hydrogens (tertiary/aromatic N) is 6. The monoisotopic (exact) mass is 760 g/mol. The molecule has 0 saturated carbocycles. The Morgan fingerprint density at radius 2 is 1.68 bits per heavy atom. The van der Waals surface area contributed by atoms with Crippen molar-refractivity contribution in [1.82, 2.24) is 40.4 Å². The van der Waals surface area contributed by atoms with Gasteiger partial charge in [-0.1, -0.05) is 87.0 Å². The van der Waals surface area contributed by atoms with Crippen molar-refractivity contribution < 1.29 is 24.3 Å². The fourth-order valence-electron chi connectivity index (χ4n) is 7.27. The van der Waals surface area contributed by atoms with E-state index in [1.165, 1.54) is 9.91 Å². The topological polar surface area (TPSA) is 151 Å². The van der Waals surface area contributed by atoms with Crippen LogP contribution in [0.2, 0.25) is 0 Å². The van der Waals surface area contributed by atoms with Gasteiger partial charge in [0.1, 0.15) is 6.04 Å². The molecule has 2 aliphatic heterocycles. The first-order chi connectivity index (χ1) is 27.1. The number of imide groups is 1. The van der Waals surface area contributed by atoms with Gasteiger partial charge in [-0.3, -0.25) is 29.5 Å². The molecular formula is C43H52N8O5. The Kier molecular flexibility index (Phi) is 13.4. The van der Waals surface area contributed by atoms with Gasteiger partial charge in [-0.05, 0) is 61.1 Å². The first-order valence-electron chi connectivity index (χ1n) is 19.5. The molecule has 2 aromatic carbocycles. The van der Waals surface area contributed by atoms with Gasteiger partial charge in [0.25, 0.3) is 0 Å². The van der Waals surface area contributed by atoms with E-state index < -0.39 is 24.2 Å². The molecule has 3 N–H and O–H groups in total. The number of aliphatic hydroxyl groups is 1. The van der Waals surface area contributed by atoms with Crippen LogP contribution in [0.3, 0.4) is 0 Å². The Balaban J connectivity index is 1.19. The van der Waals surface area contributed by atoms with E-state index in [2.05, 4.69) is 20.7 Å². The van der Waals surface area contributed by atoms with Gasteiger partial charge in [0.15, 0.2) is 0 Å². The highest BCUT2D eigenvalue weighted by Crippen LogP contribution is 2.23. The number of nitrogens with one attached hydrogen (secondary N) is 2. The zero-order valence-electron chi connectivity index (χ0n) is 32.4. The lowest BCUT2D eigenvalue weighted by molar-refractivity contribution is -0.128. The predicted molar refractivity (Wildman–Crippen MR) is 212 cm³/mol. The summed E-state index contributed by atoms with van der Waals surface area (Å²) in [5.74, 6) is -0.758. The number of aromatic nitrogens is 2. The number of urea groups is 2. The summed E-state index contributed by atoms with van der Waals surface area (Å²) in [5, 5.41) is 16.2. The van der Waals surface area contributed by atoms with Gasteiger partial charge in [-0.25, -0.2) is 15.0 Å². The molecule has 2 fully saturated rings. The van der Waals surface area contributed by atoms with Crippen LogP contribution in [0, 0.1) is 12.8 Å². The molecule has 0 radical (unpaired) electrons. The van der Waals surface area contributed by atoms with E-state index in [4.69, 9.17) is 0 Å². The molecule has 0 spiro atoms. The molecule has 4 aromatic rings. The maximum absolute atomic E-state index is 14.0. The summed E-state index contributed by atoms with van der Waals surface area (Å²) < 4.78 is 0. The van der Waals surface area contributed by atoms with Crippen LogP contribution in [0.15, 0.2) is 97.2 Å². The van der Waals surface area contributed by atoms with Crippen LogP contribution in [0.1, 0.15) is 55.6 Å². The van der Waals surface area contributed by atoms with Crippen molar-refractivity contribution in [2.24, 2.45) is 5.92 Å². The van der Waals surface area contributed by atoms with Gasteiger partial charge in [0.2, 0.25) is 11.8 Å². The molecule has 13 nitrogen and oxygen atoms in total. The Bertz CT molecular complexity index is 1950. The van der Waals surface area contributed by atoms with Gasteiger partial charge in [-0.15, -0.1) is 0 Å². The highest BCUT2D eigenvalue weighted by Gasteiger charge is 2.40. The van der Waals surface area contributed by atoms with Gasteiger partial charge < -0.3 is 20.2 Å². The summed E-state index contributed by atoms with van der Waals surface area (Å²) >= 11 is 0. The highest BCUT2D eigenvalue weighted by atomic mass is 16.3. The third kappa shape index (κ3) is 9.95. The summed E-state index contributed by atoms with van der Waals surface area (Å²) in [4.78, 5) is 68.0. The van der Waals surface area contributed by atoms with Gasteiger partial charge in [0.05, 0.1) is 36.6 Å². The number of aryl methyl sites for hydroxylation is 1. The van der Waals surface area contributed by atoms with Crippen molar-refractivity contribution in [1.29, 1.82) is 0 Å². The molecule has 2 saturated heterocycles. The first-order valence-corrected chi connectivity index (χ1v) is 19.5. The Morgan fingerprint density at radius 3 is 2.36 bits per heavy atom. The molecule has 2 aromatic heterocycles. The lowest BCUT2D eigenvalue weighted by Gasteiger charge is -2.35. The van der Waals surface area contributed by atoms with Crippen LogP contribution in [0.5, 0.6) is 0 Å². The fraction of sp³-hybridized carbons (Fsp3) is 0.395. The Labute approximate surface area is 328 Å². The number of hydrogen-bond acceptors (Lipinski definition) is 8. The Morgan fingerprint density at radius 1 is 0.911 bits per heavy atom. The van der Waals surface area contributed by atoms with Crippen LogP contribution >= 0.6 is 0 Å². The standard InChI is InChI=1S/C43H52N8O5/c1-4-30(2)40(50-25-24-48(42(50)55)29-35-15-10-12-31(3)46-35)41(54)45-27-38(52)37(26-32-13-6-5-7-14-32)47-51(43(56)49-23-11-17-39(49)53)28-33-18-20-34(21-19-33)36-16-8-9-22-44-36/h5-10,12-16,18-22,30,37-38,40,47,52H,4,11,17,23-29H2,1-3H3,(H,45,54). The van der Waals surface area contributed by atoms with Crippen LogP contribution in [-0.4, -0.2) is 103 Å². The molecule has 4 unspecified atom stereocenters. The van der Waals surface area contributed by atoms with Crippen molar-refractivity contribution in [3.63, 3.8) is 0 Å². The molecule has 4 heterocycles. The van der Waals surface area contributed by atoms with E-state index in [1.54, 1.807) is 16.0 Å². The van der Waals surface area contributed by atoms with E-state index in [-0.39, 0.29) is 43.3 Å². The largest absolute Gasteiger partial charge is 0.390 e. The van der Waals surface area contributed by atoms with Crippen LogP contribution < -0.4 is 10.7 Å². The quantitative estimate of drug-likeness (QED) is 0.136. The van der Waals surface area contributed by atoms with Crippen molar-refractivity contribution in [3.05, 3.63) is 120 Å². The zero-order valence-corrected chi connectivity index (χ0v) is 32.4. The number of carbonyl (C=O) groups excluding carboxylic acids is 4. The second-order valence-electron chi connectivity index (χ2n) is 14.7. The first kappa shape index (κ1) is 40.0. The van der Waals surface area contributed by atoms with E-state index >= 15 is 0 Å². The molecule has 56 heavy (non-hydrogen) atoms. The van der Waals surface area contributed by atoms with Gasteiger partial charge in [0, 0.05) is 50.1 Å². The number of benzene rings is 2. The second kappa shape index (κ2) is 18.8. The summed E-state index contributed by atoms with van der Waals surface area (Å²) in [6.07, 6.45) is 2.42. The van der Waals surface area contributed by atoms with Crippen molar-refractivity contribution in [2.45, 2.75) is 77.7 Å². The molecule has 2 aliphatic rings. The minimum Gasteiger partial charge on any atom is -0.390 e. The number of rotatable bonds is 16. The SMILES string of the molecule is CCC(C)C(C(=O)NCC(O)C(Cc1ccccc1)NN(Cc1ccc(-c2ccccn2)cc1)C(=O)N1CCCC1=O)N1CCN(Cc2cccc(C)n2)C1=O. The fourth-order valence-corrected chi connectivity index (χ4v) is 7.27. The number of likely N-dealkylation sites (tertiary alicyclic amines) is 1. The van der Waals surface area contributed by atoms with Crippen LogP contribution in [0.25, 0.3) is 11.3 Å². The van der Waals surface area contributed by atoms with Crippen molar-refractivity contribution >= 4 is 23.9 Å². The maximum atomic E-state index is 14.0. The minimum atomic E-state index is -1.16. The summed E-state index contributed by atoms with van der Waals surface area (Å²) in [5.41, 5.74) is 8.38. The van der Waals surface area contributed by atoms with Crippen molar-refractivity contribution in [3.8, 4) is 11.3 Å². The summed E-state index contributed by atoms with van der Waals surface area (Å²) in [7, 11) is 0. The Hall–Kier alpha value is -5.66. The molecule has 294 valence electrons. The number of hydrazine groups is 1. The molecular weight excluding hydrogens is 709 g/mol. The highest BCUT2D eigenvalue weighted by molar-refractivity contribution is 5.95. The number of pyridine rings is 2. The van der Waals surface area contributed by atoms with E-state index in [1.807, 2.05) is 112 Å². The maximum Gasteiger partial charge on any atom is 0.341 e. The average molecular weight is 761 g/mol. The number of aliphatic hydroxyl groups excluding tert-OH is 1. The van der Waals surface area contributed by atoms with E-state index in [9.17, 15) is 24.3 Å². The second-order valence-corrected chi connectivity index (χ2v) is 14.7. The number of hydrogen-bond donors (Lipinski definition) is 3. The molecule has 6 rings (SSSR count). The molecule has 6 amide bonds. The van der Waals surface area contributed by atoms with E-state index in [0.717, 1.165) is 33.8 Å². The smallest absolute Gasteiger partial charge is 0.341 e. The normalized spacial score (nSPS) is 16.5. The average Bonchev–Trinajstić information content (AvgIpc) is 3.81. The third-order valence-electron chi connectivity index (χ3n) is 10.6. The third-order valence-corrected chi connectivity index (χ3v) is 10.6. The number of amides is 6. The molecule has 4 atom stereocenters. The van der Waals surface area contributed by atoms with Crippen LogP contribution in [0.4, 0.5) is 9.59 Å². The minimum absolute atomic E-state index is 0.108. The van der Waals surface area contributed by atoms with E-state index in [0.29, 0.717) is 45.4 Å². The van der Waals surface area contributed by atoms with Crippen molar-refractivity contribution in [2.75, 3.05) is 26.2 Å². The summed E-state index contributed by atoms with van der Waals surface area (Å²) in [6.45, 7) is 7.33. The van der Waals surface area contributed by atoms with Crippen LogP contribution in [-0.2, 0) is 29.1 Å². The van der Waals surface area contributed by atoms with Gasteiger partial charge >= 0.3 is 12.1 Å². The molecule has 0 aliphatic carbocycles. The predicted octanol–water partition coefficient (Wildman–Crippen LogP) is 4.94. The molecule has 13 heteroatoms. The molecule has 0 bridgehead atoms.